The van der Waals surface area contributed by atoms with Crippen LogP contribution in [-0.4, -0.2) is 44.4 Å². The molecule has 0 bridgehead atoms. The Bertz CT molecular complexity index is 658. The van der Waals surface area contributed by atoms with E-state index in [4.69, 9.17) is 9.47 Å². The second kappa shape index (κ2) is 8.41. The minimum atomic E-state index is -4.52. The van der Waals surface area contributed by atoms with Gasteiger partial charge in [0, 0.05) is 12.5 Å². The predicted octanol–water partition coefficient (Wildman–Crippen LogP) is 2.08. The quantitative estimate of drug-likeness (QED) is 0.644. The minimum Gasteiger partial charge on any atom is -0.490 e. The summed E-state index contributed by atoms with van der Waals surface area (Å²) in [5, 5.41) is 1.60. The Morgan fingerprint density at radius 2 is 1.92 bits per heavy atom. The van der Waals surface area contributed by atoms with Crippen LogP contribution in [0.1, 0.15) is 12.0 Å². The summed E-state index contributed by atoms with van der Waals surface area (Å²) in [6, 6.07) is 5.09. The third-order valence-electron chi connectivity index (χ3n) is 3.01. The highest BCUT2D eigenvalue weighted by atomic mass is 19.4. The van der Waals surface area contributed by atoms with Crippen LogP contribution in [0, 0.1) is 0 Å². The third-order valence-corrected chi connectivity index (χ3v) is 3.01. The van der Waals surface area contributed by atoms with Crippen LogP contribution < -0.4 is 14.8 Å². The van der Waals surface area contributed by atoms with Gasteiger partial charge in [0.1, 0.15) is 6.54 Å². The van der Waals surface area contributed by atoms with Crippen LogP contribution in [0.25, 0.3) is 6.08 Å². The molecule has 1 aliphatic rings. The summed E-state index contributed by atoms with van der Waals surface area (Å²) in [4.78, 5) is 22.6. The largest absolute Gasteiger partial charge is 0.490 e. The van der Waals surface area contributed by atoms with Gasteiger partial charge in [-0.15, -0.1) is 0 Å². The van der Waals surface area contributed by atoms with E-state index in [1.165, 1.54) is 6.08 Å². The van der Waals surface area contributed by atoms with Crippen molar-refractivity contribution in [2.24, 2.45) is 0 Å². The monoisotopic (exact) mass is 359 g/mol. The Kier molecular flexibility index (Phi) is 6.26. The summed E-state index contributed by atoms with van der Waals surface area (Å²) in [7, 11) is 0. The molecule has 1 heterocycles. The number of carbonyl (C=O) groups excluding carboxylic acids is 2. The highest BCUT2D eigenvalue weighted by Crippen LogP contribution is 2.30. The first kappa shape index (κ1) is 18.6. The highest BCUT2D eigenvalue weighted by molar-refractivity contribution is 5.89. The number of halogens is 3. The molecule has 0 aromatic heterocycles. The fourth-order valence-electron chi connectivity index (χ4n) is 1.88. The molecule has 0 saturated carbocycles. The molecule has 0 aliphatic carbocycles. The number of carbonyl (C=O) groups is 2. The van der Waals surface area contributed by atoms with Crippen molar-refractivity contribution in [1.29, 1.82) is 0 Å². The molecule has 1 N–H and O–H groups in total. The molecule has 136 valence electrons. The first-order valence-corrected chi connectivity index (χ1v) is 7.41. The molecule has 0 unspecified atom stereocenters. The average Bonchev–Trinajstić information content (AvgIpc) is 2.80. The molecule has 0 saturated heterocycles. The van der Waals surface area contributed by atoms with Gasteiger partial charge in [-0.1, -0.05) is 6.07 Å². The van der Waals surface area contributed by atoms with Crippen LogP contribution in [0.3, 0.4) is 0 Å². The van der Waals surface area contributed by atoms with E-state index in [2.05, 4.69) is 4.74 Å². The van der Waals surface area contributed by atoms with Gasteiger partial charge < -0.3 is 19.5 Å². The van der Waals surface area contributed by atoms with E-state index in [-0.39, 0.29) is 0 Å². The lowest BCUT2D eigenvalue weighted by Crippen LogP contribution is -2.36. The average molecular weight is 359 g/mol. The molecule has 0 spiro atoms. The molecule has 1 aliphatic heterocycles. The van der Waals surface area contributed by atoms with Crippen LogP contribution in [0.4, 0.5) is 13.2 Å². The molecule has 0 fully saturated rings. The second-order valence-corrected chi connectivity index (χ2v) is 5.09. The Labute approximate surface area is 141 Å². The Morgan fingerprint density at radius 3 is 2.64 bits per heavy atom. The van der Waals surface area contributed by atoms with Crippen LogP contribution in [0.15, 0.2) is 24.3 Å². The van der Waals surface area contributed by atoms with Crippen molar-refractivity contribution in [3.8, 4) is 11.5 Å². The van der Waals surface area contributed by atoms with Crippen molar-refractivity contribution in [2.45, 2.75) is 12.6 Å². The molecule has 1 amide bonds. The Hall–Kier alpha value is -2.71. The zero-order chi connectivity index (χ0) is 18.3. The standard InChI is InChI=1S/C16H16F3NO5/c17-16(18,19)10-20-14(21)9-25-15(22)5-3-11-2-4-12-13(8-11)24-7-1-6-23-12/h2-5,8H,1,6-7,9-10H2,(H,20,21)/b5-3+. The van der Waals surface area contributed by atoms with E-state index in [9.17, 15) is 22.8 Å². The van der Waals surface area contributed by atoms with Crippen molar-refractivity contribution < 1.29 is 37.0 Å². The van der Waals surface area contributed by atoms with Gasteiger partial charge in [0.25, 0.3) is 5.91 Å². The normalized spacial score (nSPS) is 14.0. The predicted molar refractivity (Wildman–Crippen MR) is 81.1 cm³/mol. The number of alkyl halides is 3. The van der Waals surface area contributed by atoms with Crippen LogP contribution in [-0.2, 0) is 14.3 Å². The van der Waals surface area contributed by atoms with Crippen LogP contribution >= 0.6 is 0 Å². The maximum absolute atomic E-state index is 11.9. The summed E-state index contributed by atoms with van der Waals surface area (Å²) in [5.74, 6) is -0.720. The molecule has 9 heteroatoms. The van der Waals surface area contributed by atoms with Gasteiger partial charge in [-0.2, -0.15) is 13.2 Å². The van der Waals surface area contributed by atoms with Crippen LogP contribution in [0.5, 0.6) is 11.5 Å². The topological polar surface area (TPSA) is 73.9 Å². The fraction of sp³-hybridized carbons (Fsp3) is 0.375. The lowest BCUT2D eigenvalue weighted by molar-refractivity contribution is -0.148. The van der Waals surface area contributed by atoms with E-state index in [1.54, 1.807) is 23.5 Å². The number of fused-ring (bicyclic) bond motifs is 1. The molecular formula is C16H16F3NO5. The van der Waals surface area contributed by atoms with Crippen LogP contribution in [0.2, 0.25) is 0 Å². The smallest absolute Gasteiger partial charge is 0.405 e. The first-order chi connectivity index (χ1) is 11.8. The van der Waals surface area contributed by atoms with E-state index in [1.807, 2.05) is 0 Å². The number of ether oxygens (including phenoxy) is 3. The van der Waals surface area contributed by atoms with Gasteiger partial charge in [0.15, 0.2) is 18.1 Å². The molecule has 25 heavy (non-hydrogen) atoms. The third kappa shape index (κ3) is 6.74. The summed E-state index contributed by atoms with van der Waals surface area (Å²) in [6.07, 6.45) is -1.25. The minimum absolute atomic E-state index is 0.523. The molecule has 1 aromatic rings. The SMILES string of the molecule is O=C(COC(=O)/C=C/c1ccc2c(c1)OCCCO2)NCC(F)(F)F. The Morgan fingerprint density at radius 1 is 1.20 bits per heavy atom. The van der Waals surface area contributed by atoms with E-state index >= 15 is 0 Å². The van der Waals surface area contributed by atoms with Crippen molar-refractivity contribution in [2.75, 3.05) is 26.4 Å². The maximum Gasteiger partial charge on any atom is 0.405 e. The molecule has 1 aromatic carbocycles. The molecule has 6 nitrogen and oxygen atoms in total. The lowest BCUT2D eigenvalue weighted by atomic mass is 10.2. The number of rotatable bonds is 5. The second-order valence-electron chi connectivity index (χ2n) is 5.09. The maximum atomic E-state index is 11.9. The number of esters is 1. The van der Waals surface area contributed by atoms with Crippen molar-refractivity contribution in [3.05, 3.63) is 29.8 Å². The molecule has 0 atom stereocenters. The van der Waals surface area contributed by atoms with Gasteiger partial charge in [-0.3, -0.25) is 4.79 Å². The van der Waals surface area contributed by atoms with Gasteiger partial charge in [-0.05, 0) is 23.8 Å². The molecular weight excluding hydrogens is 343 g/mol. The summed E-state index contributed by atoms with van der Waals surface area (Å²) >= 11 is 0. The highest BCUT2D eigenvalue weighted by Gasteiger charge is 2.27. The Balaban J connectivity index is 1.82. The number of hydrogen-bond donors (Lipinski definition) is 1. The molecule has 2 rings (SSSR count). The van der Waals surface area contributed by atoms with Gasteiger partial charge in [-0.25, -0.2) is 4.79 Å². The number of amides is 1. The molecule has 0 radical (unpaired) electrons. The van der Waals surface area contributed by atoms with Gasteiger partial charge in [0.05, 0.1) is 13.2 Å². The van der Waals surface area contributed by atoms with Gasteiger partial charge in [0.2, 0.25) is 0 Å². The van der Waals surface area contributed by atoms with Gasteiger partial charge >= 0.3 is 12.1 Å². The summed E-state index contributed by atoms with van der Waals surface area (Å²) in [6.45, 7) is -1.18. The van der Waals surface area contributed by atoms with Crippen molar-refractivity contribution in [1.82, 2.24) is 5.32 Å². The van der Waals surface area contributed by atoms with E-state index < -0.39 is 31.2 Å². The van der Waals surface area contributed by atoms with E-state index in [0.717, 1.165) is 12.5 Å². The zero-order valence-electron chi connectivity index (χ0n) is 13.1. The number of nitrogens with one attached hydrogen (secondary N) is 1. The van der Waals surface area contributed by atoms with Crippen molar-refractivity contribution in [3.63, 3.8) is 0 Å². The zero-order valence-corrected chi connectivity index (χ0v) is 13.1. The first-order valence-electron chi connectivity index (χ1n) is 7.41. The fourth-order valence-corrected chi connectivity index (χ4v) is 1.88. The van der Waals surface area contributed by atoms with E-state index in [0.29, 0.717) is 30.3 Å². The number of benzene rings is 1. The number of hydrogen-bond acceptors (Lipinski definition) is 5. The van der Waals surface area contributed by atoms with Crippen molar-refractivity contribution >= 4 is 18.0 Å². The lowest BCUT2D eigenvalue weighted by Gasteiger charge is -2.08. The summed E-state index contributed by atoms with van der Waals surface area (Å²) in [5.41, 5.74) is 0.641. The summed E-state index contributed by atoms with van der Waals surface area (Å²) < 4.78 is 51.3.